The Kier molecular flexibility index (Phi) is 7.35. The fraction of sp³-hybridized carbons (Fsp3) is 0.211. The average Bonchev–Trinajstić information content (AvgIpc) is 2.56. The van der Waals surface area contributed by atoms with Crippen LogP contribution in [0.4, 0.5) is 5.69 Å². The third-order valence-electron chi connectivity index (χ3n) is 3.10. The van der Waals surface area contributed by atoms with E-state index in [4.69, 9.17) is 4.74 Å². The molecule has 0 saturated carbocycles. The van der Waals surface area contributed by atoms with Crippen LogP contribution < -0.4 is 15.5 Å². The lowest BCUT2D eigenvalue weighted by Gasteiger charge is -2.09. The Morgan fingerprint density at radius 3 is 2.65 bits per heavy atom. The number of benzene rings is 2. The van der Waals surface area contributed by atoms with Crippen molar-refractivity contribution in [3.8, 4) is 5.75 Å². The van der Waals surface area contributed by atoms with Crippen molar-refractivity contribution in [1.29, 1.82) is 0 Å². The van der Waals surface area contributed by atoms with Gasteiger partial charge < -0.3 is 10.1 Å². The molecule has 0 heterocycles. The van der Waals surface area contributed by atoms with E-state index in [1.54, 1.807) is 18.2 Å². The van der Waals surface area contributed by atoms with Crippen LogP contribution in [0.15, 0.2) is 58.1 Å². The maximum atomic E-state index is 11.9. The number of ether oxygens (including phenoxy) is 1. The fourth-order valence-corrected chi connectivity index (χ4v) is 2.45. The number of carbonyl (C=O) groups is 2. The van der Waals surface area contributed by atoms with Crippen molar-refractivity contribution in [1.82, 2.24) is 5.43 Å². The van der Waals surface area contributed by atoms with E-state index in [1.807, 2.05) is 44.2 Å². The minimum absolute atomic E-state index is 0.0741. The molecule has 2 N–H and O–H groups in total. The predicted molar refractivity (Wildman–Crippen MR) is 105 cm³/mol. The Morgan fingerprint density at radius 2 is 1.92 bits per heavy atom. The molecular formula is C19H20BrN3O3. The summed E-state index contributed by atoms with van der Waals surface area (Å²) in [6.07, 6.45) is 1.25. The second-order valence-corrected chi connectivity index (χ2v) is 6.59. The highest BCUT2D eigenvalue weighted by Gasteiger charge is 2.10. The lowest BCUT2D eigenvalue weighted by atomic mass is 10.2. The van der Waals surface area contributed by atoms with Crippen LogP contribution in [0.2, 0.25) is 0 Å². The van der Waals surface area contributed by atoms with Crippen molar-refractivity contribution >= 4 is 39.6 Å². The zero-order valence-corrected chi connectivity index (χ0v) is 16.1. The number of para-hydroxylation sites is 1. The standard InChI is InChI=1S/C19H20BrN3O3/c1-13(2)26-15-7-5-6-14(10-15)12-21-23-19(25)11-18(24)22-17-9-4-3-8-16(17)20/h3-10,12-13H,11H2,1-2H3,(H,22,24)(H,23,25). The van der Waals surface area contributed by atoms with Gasteiger partial charge in [0.15, 0.2) is 0 Å². The highest BCUT2D eigenvalue weighted by molar-refractivity contribution is 9.10. The third kappa shape index (κ3) is 6.68. The van der Waals surface area contributed by atoms with Crippen molar-refractivity contribution in [2.45, 2.75) is 26.4 Å². The van der Waals surface area contributed by atoms with E-state index in [2.05, 4.69) is 31.8 Å². The molecular weight excluding hydrogens is 398 g/mol. The summed E-state index contributed by atoms with van der Waals surface area (Å²) in [5.41, 5.74) is 3.73. The molecule has 26 heavy (non-hydrogen) atoms. The second kappa shape index (κ2) is 9.72. The van der Waals surface area contributed by atoms with Crippen LogP contribution in [0.25, 0.3) is 0 Å². The van der Waals surface area contributed by atoms with Gasteiger partial charge in [-0.3, -0.25) is 9.59 Å². The molecule has 136 valence electrons. The van der Waals surface area contributed by atoms with Gasteiger partial charge in [-0.1, -0.05) is 24.3 Å². The Morgan fingerprint density at radius 1 is 1.15 bits per heavy atom. The van der Waals surface area contributed by atoms with E-state index in [0.29, 0.717) is 5.69 Å². The number of anilines is 1. The average molecular weight is 418 g/mol. The molecule has 2 aromatic carbocycles. The maximum absolute atomic E-state index is 11.9. The topological polar surface area (TPSA) is 79.8 Å². The maximum Gasteiger partial charge on any atom is 0.249 e. The van der Waals surface area contributed by atoms with E-state index in [-0.39, 0.29) is 12.5 Å². The van der Waals surface area contributed by atoms with E-state index in [9.17, 15) is 9.59 Å². The lowest BCUT2D eigenvalue weighted by molar-refractivity contribution is -0.126. The largest absolute Gasteiger partial charge is 0.491 e. The Hall–Kier alpha value is -2.67. The summed E-state index contributed by atoms with van der Waals surface area (Å²) < 4.78 is 6.34. The van der Waals surface area contributed by atoms with Gasteiger partial charge in [0.05, 0.1) is 18.0 Å². The van der Waals surface area contributed by atoms with Gasteiger partial charge in [-0.15, -0.1) is 0 Å². The number of hydrogen-bond donors (Lipinski definition) is 2. The minimum Gasteiger partial charge on any atom is -0.491 e. The highest BCUT2D eigenvalue weighted by Crippen LogP contribution is 2.21. The van der Waals surface area contributed by atoms with E-state index < -0.39 is 11.8 Å². The highest BCUT2D eigenvalue weighted by atomic mass is 79.9. The van der Waals surface area contributed by atoms with Gasteiger partial charge in [-0.25, -0.2) is 5.43 Å². The van der Waals surface area contributed by atoms with E-state index >= 15 is 0 Å². The van der Waals surface area contributed by atoms with Crippen molar-refractivity contribution in [3.05, 3.63) is 58.6 Å². The summed E-state index contributed by atoms with van der Waals surface area (Å²) in [5.74, 6) is -0.194. The molecule has 0 aliphatic carbocycles. The Balaban J connectivity index is 1.83. The zero-order chi connectivity index (χ0) is 18.9. The van der Waals surface area contributed by atoms with E-state index in [1.165, 1.54) is 6.21 Å². The van der Waals surface area contributed by atoms with Gasteiger partial charge >= 0.3 is 0 Å². The van der Waals surface area contributed by atoms with Crippen LogP contribution in [0, 0.1) is 0 Å². The predicted octanol–water partition coefficient (Wildman–Crippen LogP) is 3.72. The van der Waals surface area contributed by atoms with Crippen molar-refractivity contribution in [3.63, 3.8) is 0 Å². The molecule has 0 aliphatic rings. The molecule has 0 bridgehead atoms. The van der Waals surface area contributed by atoms with Gasteiger partial charge in [-0.05, 0) is 59.6 Å². The zero-order valence-electron chi connectivity index (χ0n) is 14.5. The van der Waals surface area contributed by atoms with Gasteiger partial charge in [0.2, 0.25) is 11.8 Å². The summed E-state index contributed by atoms with van der Waals surface area (Å²) >= 11 is 3.33. The van der Waals surface area contributed by atoms with Crippen LogP contribution in [-0.4, -0.2) is 24.1 Å². The van der Waals surface area contributed by atoms with Gasteiger partial charge in [0.25, 0.3) is 0 Å². The molecule has 2 amide bonds. The normalized spacial score (nSPS) is 10.8. The molecule has 0 fully saturated rings. The van der Waals surface area contributed by atoms with Crippen LogP contribution >= 0.6 is 15.9 Å². The van der Waals surface area contributed by atoms with Crippen LogP contribution in [0.1, 0.15) is 25.8 Å². The molecule has 0 saturated heterocycles. The molecule has 6 nitrogen and oxygen atoms in total. The monoisotopic (exact) mass is 417 g/mol. The molecule has 2 aromatic rings. The third-order valence-corrected chi connectivity index (χ3v) is 3.79. The first-order valence-electron chi connectivity index (χ1n) is 8.07. The lowest BCUT2D eigenvalue weighted by Crippen LogP contribution is -2.24. The number of halogens is 1. The number of carbonyl (C=O) groups excluding carboxylic acids is 2. The molecule has 0 spiro atoms. The molecule has 2 rings (SSSR count). The summed E-state index contributed by atoms with van der Waals surface area (Å²) in [4.78, 5) is 23.7. The summed E-state index contributed by atoms with van der Waals surface area (Å²) in [5, 5.41) is 6.53. The first-order chi connectivity index (χ1) is 12.4. The van der Waals surface area contributed by atoms with Gasteiger partial charge in [0.1, 0.15) is 12.2 Å². The molecule has 0 aromatic heterocycles. The van der Waals surface area contributed by atoms with Crippen molar-refractivity contribution < 1.29 is 14.3 Å². The first kappa shape index (κ1) is 19.7. The molecule has 7 heteroatoms. The number of nitrogens with one attached hydrogen (secondary N) is 2. The summed E-state index contributed by atoms with van der Waals surface area (Å²) in [6.45, 7) is 3.89. The molecule has 0 radical (unpaired) electrons. The van der Waals surface area contributed by atoms with Crippen LogP contribution in [0.3, 0.4) is 0 Å². The Bertz CT molecular complexity index is 806. The quantitative estimate of drug-likeness (QED) is 0.409. The number of rotatable bonds is 7. The van der Waals surface area contributed by atoms with Crippen LogP contribution in [0.5, 0.6) is 5.75 Å². The number of hydrogen-bond acceptors (Lipinski definition) is 4. The summed E-state index contributed by atoms with van der Waals surface area (Å²) in [6, 6.07) is 14.5. The minimum atomic E-state index is -0.500. The number of nitrogens with zero attached hydrogens (tertiary/aromatic N) is 1. The van der Waals surface area contributed by atoms with E-state index in [0.717, 1.165) is 15.8 Å². The number of hydrazone groups is 1. The number of amides is 2. The second-order valence-electron chi connectivity index (χ2n) is 5.74. The smallest absolute Gasteiger partial charge is 0.249 e. The van der Waals surface area contributed by atoms with Gasteiger partial charge in [-0.2, -0.15) is 5.10 Å². The van der Waals surface area contributed by atoms with Gasteiger partial charge in [0, 0.05) is 4.47 Å². The molecule has 0 unspecified atom stereocenters. The van der Waals surface area contributed by atoms with Crippen molar-refractivity contribution in [2.24, 2.45) is 5.10 Å². The molecule has 0 atom stereocenters. The Labute approximate surface area is 160 Å². The fourth-order valence-electron chi connectivity index (χ4n) is 2.06. The SMILES string of the molecule is CC(C)Oc1cccc(C=NNC(=O)CC(=O)Nc2ccccc2Br)c1. The van der Waals surface area contributed by atoms with Crippen molar-refractivity contribution in [2.75, 3.05) is 5.32 Å². The molecule has 0 aliphatic heterocycles. The summed E-state index contributed by atoms with van der Waals surface area (Å²) in [7, 11) is 0. The first-order valence-corrected chi connectivity index (χ1v) is 8.86. The van der Waals surface area contributed by atoms with Crippen LogP contribution in [-0.2, 0) is 9.59 Å².